The summed E-state index contributed by atoms with van der Waals surface area (Å²) in [5.41, 5.74) is 1.33. The molecule has 0 bridgehead atoms. The molecule has 6 atom stereocenters. The van der Waals surface area contributed by atoms with Gasteiger partial charge in [0.25, 0.3) is 0 Å². The van der Waals surface area contributed by atoms with Crippen molar-refractivity contribution in [2.24, 2.45) is 34.5 Å². The van der Waals surface area contributed by atoms with E-state index < -0.39 is 11.9 Å². The van der Waals surface area contributed by atoms with E-state index in [4.69, 9.17) is 0 Å². The zero-order valence-electron chi connectivity index (χ0n) is 14.3. The molecule has 0 aromatic rings. The Morgan fingerprint density at radius 2 is 1.96 bits per heavy atom. The van der Waals surface area contributed by atoms with Crippen LogP contribution in [0.5, 0.6) is 0 Å². The monoisotopic (exact) mass is 316 g/mol. The van der Waals surface area contributed by atoms with Crippen molar-refractivity contribution in [1.82, 2.24) is 0 Å². The maximum absolute atomic E-state index is 12.0. The van der Waals surface area contributed by atoms with E-state index in [9.17, 15) is 14.7 Å². The summed E-state index contributed by atoms with van der Waals surface area (Å²) in [6.45, 7) is 4.63. The molecule has 23 heavy (non-hydrogen) atoms. The second kappa shape index (κ2) is 4.94. The smallest absolute Gasteiger partial charge is 0.307 e. The van der Waals surface area contributed by atoms with E-state index >= 15 is 0 Å². The molecule has 4 rings (SSSR count). The number of rotatable bonds is 1. The standard InChI is InChI=1S/C20H28O3/c1-19-8-3-4-15(19)14-6-5-12-10-13(21)11-17(18(22)23)20(12,2)16(14)7-9-19/h10,14-17H,3-9,11H2,1-2H3,(H,22,23)/t14-,15-,16-,17?,19-,20-/m0/s1. The zero-order chi connectivity index (χ0) is 16.4. The molecule has 3 fully saturated rings. The van der Waals surface area contributed by atoms with E-state index in [1.165, 1.54) is 25.7 Å². The number of allylic oxidation sites excluding steroid dienone is 1. The molecule has 0 aromatic carbocycles. The lowest BCUT2D eigenvalue weighted by Crippen LogP contribution is -2.54. The number of carbonyl (C=O) groups is 2. The minimum absolute atomic E-state index is 0.0184. The van der Waals surface area contributed by atoms with E-state index in [2.05, 4.69) is 13.8 Å². The topological polar surface area (TPSA) is 54.4 Å². The Balaban J connectivity index is 1.76. The average molecular weight is 316 g/mol. The van der Waals surface area contributed by atoms with Crippen LogP contribution < -0.4 is 0 Å². The van der Waals surface area contributed by atoms with Crippen molar-refractivity contribution in [2.45, 2.75) is 65.2 Å². The summed E-state index contributed by atoms with van der Waals surface area (Å²) in [6, 6.07) is 0. The second-order valence-electron chi connectivity index (χ2n) is 9.01. The highest BCUT2D eigenvalue weighted by molar-refractivity contribution is 5.95. The molecule has 0 spiro atoms. The number of ketones is 1. The minimum Gasteiger partial charge on any atom is -0.481 e. The van der Waals surface area contributed by atoms with Gasteiger partial charge in [-0.1, -0.05) is 25.8 Å². The van der Waals surface area contributed by atoms with Crippen molar-refractivity contribution in [3.63, 3.8) is 0 Å². The van der Waals surface area contributed by atoms with Crippen LogP contribution in [-0.4, -0.2) is 16.9 Å². The van der Waals surface area contributed by atoms with E-state index in [1.807, 2.05) is 0 Å². The maximum Gasteiger partial charge on any atom is 0.307 e. The molecule has 1 unspecified atom stereocenters. The van der Waals surface area contributed by atoms with E-state index in [-0.39, 0.29) is 17.6 Å². The molecule has 126 valence electrons. The molecule has 0 heterocycles. The first kappa shape index (κ1) is 15.4. The first-order valence-electron chi connectivity index (χ1n) is 9.33. The number of aliphatic carboxylic acids is 1. The Morgan fingerprint density at radius 3 is 2.70 bits per heavy atom. The van der Waals surface area contributed by atoms with Gasteiger partial charge in [0, 0.05) is 11.8 Å². The van der Waals surface area contributed by atoms with Gasteiger partial charge >= 0.3 is 5.97 Å². The van der Waals surface area contributed by atoms with Gasteiger partial charge in [-0.2, -0.15) is 0 Å². The zero-order valence-corrected chi connectivity index (χ0v) is 14.3. The molecule has 3 nitrogen and oxygen atoms in total. The number of carboxylic acids is 1. The highest BCUT2D eigenvalue weighted by atomic mass is 16.4. The lowest BCUT2D eigenvalue weighted by molar-refractivity contribution is -0.154. The molecule has 1 N–H and O–H groups in total. The van der Waals surface area contributed by atoms with E-state index in [1.54, 1.807) is 6.08 Å². The molecule has 3 heteroatoms. The van der Waals surface area contributed by atoms with Gasteiger partial charge in [-0.15, -0.1) is 0 Å². The van der Waals surface area contributed by atoms with E-state index in [0.29, 0.717) is 17.3 Å². The van der Waals surface area contributed by atoms with Crippen molar-refractivity contribution in [3.05, 3.63) is 11.6 Å². The Kier molecular flexibility index (Phi) is 3.31. The molecular formula is C20H28O3. The maximum atomic E-state index is 12.0. The number of hydrogen-bond acceptors (Lipinski definition) is 2. The Morgan fingerprint density at radius 1 is 1.17 bits per heavy atom. The first-order valence-corrected chi connectivity index (χ1v) is 9.33. The van der Waals surface area contributed by atoms with Crippen molar-refractivity contribution in [3.8, 4) is 0 Å². The van der Waals surface area contributed by atoms with Gasteiger partial charge in [0.1, 0.15) is 0 Å². The molecule has 0 radical (unpaired) electrons. The van der Waals surface area contributed by atoms with Gasteiger partial charge < -0.3 is 5.11 Å². The molecule has 0 aliphatic heterocycles. The van der Waals surface area contributed by atoms with Crippen LogP contribution in [-0.2, 0) is 9.59 Å². The van der Waals surface area contributed by atoms with Gasteiger partial charge in [0.2, 0.25) is 0 Å². The van der Waals surface area contributed by atoms with E-state index in [0.717, 1.165) is 30.8 Å². The summed E-state index contributed by atoms with van der Waals surface area (Å²) in [5, 5.41) is 9.81. The van der Waals surface area contributed by atoms with Crippen molar-refractivity contribution in [2.75, 3.05) is 0 Å². The lowest BCUT2D eigenvalue weighted by atomic mass is 9.45. The first-order chi connectivity index (χ1) is 10.9. The predicted octanol–water partition coefficient (Wildman–Crippen LogP) is 4.22. The average Bonchev–Trinajstić information content (AvgIpc) is 2.88. The number of fused-ring (bicyclic) bond motifs is 5. The third-order valence-electron chi connectivity index (χ3n) is 8.19. The highest BCUT2D eigenvalue weighted by Gasteiger charge is 2.60. The van der Waals surface area contributed by atoms with Gasteiger partial charge in [0.05, 0.1) is 5.92 Å². The number of carbonyl (C=O) groups excluding carboxylic acids is 1. The summed E-state index contributed by atoms with van der Waals surface area (Å²) < 4.78 is 0. The highest BCUT2D eigenvalue weighted by Crippen LogP contribution is 2.66. The molecule has 0 amide bonds. The third kappa shape index (κ3) is 2.01. The van der Waals surface area contributed by atoms with Crippen LogP contribution in [0.4, 0.5) is 0 Å². The van der Waals surface area contributed by atoms with Crippen LogP contribution in [0.15, 0.2) is 11.6 Å². The SMILES string of the molecule is C[C@@]12CCC[C@H]1[C@@H]1CCC3=CC(=O)CC(C(=O)O)[C@]3(C)[C@H]1CC2. The fraction of sp³-hybridized carbons (Fsp3) is 0.800. The molecule has 3 saturated carbocycles. The fourth-order valence-corrected chi connectivity index (χ4v) is 6.98. The largest absolute Gasteiger partial charge is 0.481 e. The minimum atomic E-state index is -0.771. The summed E-state index contributed by atoms with van der Waals surface area (Å²) in [5.74, 6) is 0.610. The Hall–Kier alpha value is -1.12. The quantitative estimate of drug-likeness (QED) is 0.788. The third-order valence-corrected chi connectivity index (χ3v) is 8.19. The fourth-order valence-electron chi connectivity index (χ4n) is 6.98. The van der Waals surface area contributed by atoms with Crippen LogP contribution in [0.3, 0.4) is 0 Å². The van der Waals surface area contributed by atoms with Crippen molar-refractivity contribution in [1.29, 1.82) is 0 Å². The number of hydrogen-bond donors (Lipinski definition) is 1. The molecule has 4 aliphatic carbocycles. The molecule has 0 saturated heterocycles. The van der Waals surface area contributed by atoms with Gasteiger partial charge in [-0.25, -0.2) is 0 Å². The van der Waals surface area contributed by atoms with Crippen LogP contribution in [0.1, 0.15) is 65.2 Å². The molecule has 0 aromatic heterocycles. The predicted molar refractivity (Wildman–Crippen MR) is 87.8 cm³/mol. The summed E-state index contributed by atoms with van der Waals surface area (Å²) >= 11 is 0. The normalized spacial score (nSPS) is 49.0. The molecule has 4 aliphatic rings. The van der Waals surface area contributed by atoms with Crippen LogP contribution in [0, 0.1) is 34.5 Å². The van der Waals surface area contributed by atoms with Gasteiger partial charge in [-0.05, 0) is 67.8 Å². The summed E-state index contributed by atoms with van der Waals surface area (Å²) in [6.07, 6.45) is 10.5. The number of carboxylic acid groups (broad SMARTS) is 1. The van der Waals surface area contributed by atoms with Crippen molar-refractivity contribution < 1.29 is 14.7 Å². The van der Waals surface area contributed by atoms with Crippen molar-refractivity contribution >= 4 is 11.8 Å². The van der Waals surface area contributed by atoms with Gasteiger partial charge in [-0.3, -0.25) is 9.59 Å². The summed E-state index contributed by atoms with van der Waals surface area (Å²) in [7, 11) is 0. The Bertz CT molecular complexity index is 592. The van der Waals surface area contributed by atoms with Crippen LogP contribution in [0.25, 0.3) is 0 Å². The lowest BCUT2D eigenvalue weighted by Gasteiger charge is -2.58. The molecular weight excluding hydrogens is 288 g/mol. The van der Waals surface area contributed by atoms with Crippen LogP contribution >= 0.6 is 0 Å². The second-order valence-corrected chi connectivity index (χ2v) is 9.01. The Labute approximate surface area is 138 Å². The summed E-state index contributed by atoms with van der Waals surface area (Å²) in [4.78, 5) is 24.0. The van der Waals surface area contributed by atoms with Crippen LogP contribution in [0.2, 0.25) is 0 Å². The van der Waals surface area contributed by atoms with Gasteiger partial charge in [0.15, 0.2) is 5.78 Å².